The SMILES string of the molecule is Cc1cccc(CNC2CCC(C(N)=O)CC2)c1. The third kappa shape index (κ3) is 3.57. The molecule has 0 aliphatic heterocycles. The van der Waals surface area contributed by atoms with E-state index in [1.165, 1.54) is 11.1 Å². The molecular formula is C15H22N2O. The lowest BCUT2D eigenvalue weighted by Crippen LogP contribution is -2.36. The number of hydrogen-bond donors (Lipinski definition) is 2. The van der Waals surface area contributed by atoms with E-state index in [-0.39, 0.29) is 11.8 Å². The summed E-state index contributed by atoms with van der Waals surface area (Å²) in [5.41, 5.74) is 7.96. The molecule has 0 bridgehead atoms. The lowest BCUT2D eigenvalue weighted by Gasteiger charge is -2.27. The van der Waals surface area contributed by atoms with Crippen molar-refractivity contribution in [1.29, 1.82) is 0 Å². The topological polar surface area (TPSA) is 55.1 Å². The summed E-state index contributed by atoms with van der Waals surface area (Å²) in [4.78, 5) is 11.1. The zero-order chi connectivity index (χ0) is 13.0. The highest BCUT2D eigenvalue weighted by Gasteiger charge is 2.24. The Kier molecular flexibility index (Phi) is 4.37. The molecule has 0 spiro atoms. The first-order valence-corrected chi connectivity index (χ1v) is 6.73. The maximum atomic E-state index is 11.1. The Hall–Kier alpha value is -1.35. The van der Waals surface area contributed by atoms with Gasteiger partial charge in [0.15, 0.2) is 0 Å². The molecule has 2 rings (SSSR count). The molecule has 1 aliphatic carbocycles. The molecule has 3 N–H and O–H groups in total. The minimum absolute atomic E-state index is 0.0991. The lowest BCUT2D eigenvalue weighted by atomic mass is 9.85. The molecule has 1 aromatic carbocycles. The van der Waals surface area contributed by atoms with E-state index in [2.05, 4.69) is 36.5 Å². The van der Waals surface area contributed by atoms with Crippen molar-refractivity contribution in [2.45, 2.75) is 45.2 Å². The third-order valence-corrected chi connectivity index (χ3v) is 3.81. The van der Waals surface area contributed by atoms with Gasteiger partial charge in [-0.3, -0.25) is 4.79 Å². The molecule has 1 amide bonds. The van der Waals surface area contributed by atoms with Gasteiger partial charge in [-0.1, -0.05) is 29.8 Å². The number of amides is 1. The van der Waals surface area contributed by atoms with Crippen molar-refractivity contribution in [2.24, 2.45) is 11.7 Å². The number of rotatable bonds is 4. The Bertz CT molecular complexity index is 409. The largest absolute Gasteiger partial charge is 0.369 e. The number of primary amides is 1. The summed E-state index contributed by atoms with van der Waals surface area (Å²) in [5.74, 6) is -0.0332. The molecule has 98 valence electrons. The third-order valence-electron chi connectivity index (χ3n) is 3.81. The van der Waals surface area contributed by atoms with E-state index < -0.39 is 0 Å². The van der Waals surface area contributed by atoms with Gasteiger partial charge in [-0.2, -0.15) is 0 Å². The second-order valence-corrected chi connectivity index (χ2v) is 5.32. The van der Waals surface area contributed by atoms with E-state index in [4.69, 9.17) is 5.73 Å². The van der Waals surface area contributed by atoms with Crippen molar-refractivity contribution in [2.75, 3.05) is 0 Å². The van der Waals surface area contributed by atoms with Crippen molar-refractivity contribution >= 4 is 5.91 Å². The second-order valence-electron chi connectivity index (χ2n) is 5.32. The Balaban J connectivity index is 1.77. The lowest BCUT2D eigenvalue weighted by molar-refractivity contribution is -0.122. The van der Waals surface area contributed by atoms with E-state index in [1.54, 1.807) is 0 Å². The van der Waals surface area contributed by atoms with Crippen molar-refractivity contribution in [3.05, 3.63) is 35.4 Å². The van der Waals surface area contributed by atoms with Gasteiger partial charge in [0.1, 0.15) is 0 Å². The van der Waals surface area contributed by atoms with Crippen LogP contribution in [-0.2, 0) is 11.3 Å². The number of aryl methyl sites for hydroxylation is 1. The van der Waals surface area contributed by atoms with Gasteiger partial charge in [-0.05, 0) is 38.2 Å². The summed E-state index contributed by atoms with van der Waals surface area (Å²) in [6, 6.07) is 9.09. The van der Waals surface area contributed by atoms with Crippen LogP contribution < -0.4 is 11.1 Å². The zero-order valence-corrected chi connectivity index (χ0v) is 11.0. The smallest absolute Gasteiger partial charge is 0.220 e. The Morgan fingerprint density at radius 1 is 1.33 bits per heavy atom. The zero-order valence-electron chi connectivity index (χ0n) is 11.0. The normalized spacial score (nSPS) is 23.8. The second kappa shape index (κ2) is 6.01. The highest BCUT2D eigenvalue weighted by molar-refractivity contribution is 5.76. The molecule has 3 heteroatoms. The molecule has 0 saturated heterocycles. The van der Waals surface area contributed by atoms with Crippen LogP contribution in [0.2, 0.25) is 0 Å². The molecule has 3 nitrogen and oxygen atoms in total. The predicted molar refractivity (Wildman–Crippen MR) is 73.0 cm³/mol. The molecule has 18 heavy (non-hydrogen) atoms. The average Bonchev–Trinajstić information content (AvgIpc) is 2.37. The average molecular weight is 246 g/mol. The summed E-state index contributed by atoms with van der Waals surface area (Å²) in [6.45, 7) is 3.02. The molecule has 1 saturated carbocycles. The number of carbonyl (C=O) groups excluding carboxylic acids is 1. The van der Waals surface area contributed by atoms with Gasteiger partial charge in [0.05, 0.1) is 0 Å². The standard InChI is InChI=1S/C15H22N2O/c1-11-3-2-4-12(9-11)10-17-14-7-5-13(6-8-14)15(16)18/h2-4,9,13-14,17H,5-8,10H2,1H3,(H2,16,18). The summed E-state index contributed by atoms with van der Waals surface area (Å²) < 4.78 is 0. The fourth-order valence-electron chi connectivity index (χ4n) is 2.67. The first kappa shape index (κ1) is 13.1. The molecule has 0 unspecified atom stereocenters. The van der Waals surface area contributed by atoms with Gasteiger partial charge in [0.25, 0.3) is 0 Å². The van der Waals surface area contributed by atoms with Gasteiger partial charge in [-0.15, -0.1) is 0 Å². The molecule has 0 radical (unpaired) electrons. The maximum absolute atomic E-state index is 11.1. The summed E-state index contributed by atoms with van der Waals surface area (Å²) in [6.07, 6.45) is 3.97. The van der Waals surface area contributed by atoms with Crippen molar-refractivity contribution in [3.8, 4) is 0 Å². The van der Waals surface area contributed by atoms with Gasteiger partial charge >= 0.3 is 0 Å². The van der Waals surface area contributed by atoms with E-state index in [1.807, 2.05) is 0 Å². The van der Waals surface area contributed by atoms with Crippen molar-refractivity contribution in [3.63, 3.8) is 0 Å². The highest BCUT2D eigenvalue weighted by atomic mass is 16.1. The van der Waals surface area contributed by atoms with E-state index >= 15 is 0 Å². The fourth-order valence-corrected chi connectivity index (χ4v) is 2.67. The van der Waals surface area contributed by atoms with E-state index in [0.717, 1.165) is 32.2 Å². The minimum Gasteiger partial charge on any atom is -0.369 e. The first-order chi connectivity index (χ1) is 8.65. The number of nitrogens with one attached hydrogen (secondary N) is 1. The Morgan fingerprint density at radius 2 is 2.06 bits per heavy atom. The van der Waals surface area contributed by atoms with E-state index in [0.29, 0.717) is 6.04 Å². The van der Waals surface area contributed by atoms with Gasteiger partial charge in [-0.25, -0.2) is 0 Å². The predicted octanol–water partition coefficient (Wildman–Crippen LogP) is 2.13. The van der Waals surface area contributed by atoms with Gasteiger partial charge in [0.2, 0.25) is 5.91 Å². The van der Waals surface area contributed by atoms with Crippen molar-refractivity contribution < 1.29 is 4.79 Å². The summed E-state index contributed by atoms with van der Waals surface area (Å²) in [5, 5.41) is 3.57. The van der Waals surface area contributed by atoms with Crippen LogP contribution in [0, 0.1) is 12.8 Å². The molecule has 0 aromatic heterocycles. The number of benzene rings is 1. The Morgan fingerprint density at radius 3 is 2.67 bits per heavy atom. The summed E-state index contributed by atoms with van der Waals surface area (Å²) >= 11 is 0. The minimum atomic E-state index is -0.132. The molecule has 0 heterocycles. The van der Waals surface area contributed by atoms with Gasteiger partial charge < -0.3 is 11.1 Å². The number of nitrogens with two attached hydrogens (primary N) is 1. The molecular weight excluding hydrogens is 224 g/mol. The summed E-state index contributed by atoms with van der Waals surface area (Å²) in [7, 11) is 0. The van der Waals surface area contributed by atoms with Crippen LogP contribution >= 0.6 is 0 Å². The maximum Gasteiger partial charge on any atom is 0.220 e. The molecule has 1 aliphatic rings. The van der Waals surface area contributed by atoms with Crippen LogP contribution in [0.4, 0.5) is 0 Å². The van der Waals surface area contributed by atoms with Crippen LogP contribution in [0.5, 0.6) is 0 Å². The Labute approximate surface area is 109 Å². The van der Waals surface area contributed by atoms with Gasteiger partial charge in [0, 0.05) is 18.5 Å². The van der Waals surface area contributed by atoms with Crippen LogP contribution in [0.1, 0.15) is 36.8 Å². The van der Waals surface area contributed by atoms with Crippen LogP contribution in [0.3, 0.4) is 0 Å². The fraction of sp³-hybridized carbons (Fsp3) is 0.533. The van der Waals surface area contributed by atoms with Crippen LogP contribution in [0.15, 0.2) is 24.3 Å². The molecule has 0 atom stereocenters. The monoisotopic (exact) mass is 246 g/mol. The quantitative estimate of drug-likeness (QED) is 0.855. The van der Waals surface area contributed by atoms with Crippen molar-refractivity contribution in [1.82, 2.24) is 5.32 Å². The molecule has 1 fully saturated rings. The number of hydrogen-bond acceptors (Lipinski definition) is 2. The first-order valence-electron chi connectivity index (χ1n) is 6.73. The van der Waals surface area contributed by atoms with Crippen LogP contribution in [0.25, 0.3) is 0 Å². The molecule has 1 aromatic rings. The van der Waals surface area contributed by atoms with Crippen LogP contribution in [-0.4, -0.2) is 11.9 Å². The highest BCUT2D eigenvalue weighted by Crippen LogP contribution is 2.24. The number of carbonyl (C=O) groups is 1. The van der Waals surface area contributed by atoms with E-state index in [9.17, 15) is 4.79 Å².